The fourth-order valence-electron chi connectivity index (χ4n) is 1.86. The molecule has 0 bridgehead atoms. The van der Waals surface area contributed by atoms with E-state index in [1.54, 1.807) is 24.3 Å². The predicted octanol–water partition coefficient (Wildman–Crippen LogP) is 2.99. The van der Waals surface area contributed by atoms with Gasteiger partial charge in [0, 0.05) is 22.4 Å². The highest BCUT2D eigenvalue weighted by atomic mass is 35.5. The first-order valence-corrected chi connectivity index (χ1v) is 6.88. The van der Waals surface area contributed by atoms with E-state index in [1.807, 2.05) is 0 Å². The second kappa shape index (κ2) is 5.98. The molecule has 0 aliphatic rings. The lowest BCUT2D eigenvalue weighted by Gasteiger charge is -2.02. The third-order valence-electron chi connectivity index (χ3n) is 3.07. The van der Waals surface area contributed by atoms with E-state index in [0.717, 1.165) is 5.56 Å². The van der Waals surface area contributed by atoms with E-state index >= 15 is 0 Å². The molecule has 1 heterocycles. The minimum absolute atomic E-state index is 0.155. The summed E-state index contributed by atoms with van der Waals surface area (Å²) < 4.78 is 0. The lowest BCUT2D eigenvalue weighted by atomic mass is 10.2. The quantitative estimate of drug-likeness (QED) is 0.435. The Bertz CT molecular complexity index is 875. The fraction of sp³-hybridized carbons (Fsp3) is 0. The van der Waals surface area contributed by atoms with Crippen LogP contribution in [0.2, 0.25) is 5.02 Å². The standard InChI is InChI=1S/C15H11ClN4O3/c16-10-4-1-8(2-5-10)14-18-15(20-19-14)17-7-9-3-6-11(21)13(23)12(9)22/h1-7,21-23H,(H,18,19,20)/b17-7+. The number of phenols is 3. The molecule has 0 spiro atoms. The maximum absolute atomic E-state index is 9.70. The number of hydrogen-bond donors (Lipinski definition) is 4. The number of rotatable bonds is 3. The molecular formula is C15H11ClN4O3. The molecule has 23 heavy (non-hydrogen) atoms. The van der Waals surface area contributed by atoms with Gasteiger partial charge in [-0.2, -0.15) is 4.98 Å². The van der Waals surface area contributed by atoms with Crippen LogP contribution in [0.3, 0.4) is 0 Å². The lowest BCUT2D eigenvalue weighted by molar-refractivity contribution is 0.367. The molecule has 3 rings (SSSR count). The summed E-state index contributed by atoms with van der Waals surface area (Å²) in [6, 6.07) is 9.70. The summed E-state index contributed by atoms with van der Waals surface area (Å²) in [7, 11) is 0. The van der Waals surface area contributed by atoms with Crippen LogP contribution in [-0.4, -0.2) is 36.7 Å². The van der Waals surface area contributed by atoms with Crippen LogP contribution < -0.4 is 0 Å². The van der Waals surface area contributed by atoms with Crippen molar-refractivity contribution in [1.82, 2.24) is 15.2 Å². The SMILES string of the molecule is Oc1ccc(/C=N/c2n[nH]c(-c3ccc(Cl)cc3)n2)c(O)c1O. The Labute approximate surface area is 135 Å². The number of aromatic nitrogens is 3. The summed E-state index contributed by atoms with van der Waals surface area (Å²) >= 11 is 5.83. The van der Waals surface area contributed by atoms with Crippen molar-refractivity contribution >= 4 is 23.8 Å². The van der Waals surface area contributed by atoms with Gasteiger partial charge in [-0.3, -0.25) is 5.10 Å². The monoisotopic (exact) mass is 330 g/mol. The first-order valence-electron chi connectivity index (χ1n) is 6.51. The molecule has 0 unspecified atom stereocenters. The Balaban J connectivity index is 1.84. The highest BCUT2D eigenvalue weighted by Crippen LogP contribution is 2.36. The molecule has 0 saturated carbocycles. The number of aliphatic imine (C=N–C) groups is 1. The number of H-pyrrole nitrogens is 1. The van der Waals surface area contributed by atoms with Gasteiger partial charge < -0.3 is 15.3 Å². The minimum atomic E-state index is -0.606. The second-order valence-corrected chi connectivity index (χ2v) is 5.06. The molecule has 116 valence electrons. The molecule has 0 aliphatic carbocycles. The van der Waals surface area contributed by atoms with Crippen LogP contribution in [0.5, 0.6) is 17.2 Å². The third-order valence-corrected chi connectivity index (χ3v) is 3.32. The van der Waals surface area contributed by atoms with Gasteiger partial charge in [-0.15, -0.1) is 5.10 Å². The van der Waals surface area contributed by atoms with Crippen LogP contribution in [0.4, 0.5) is 5.95 Å². The Morgan fingerprint density at radius 3 is 2.48 bits per heavy atom. The van der Waals surface area contributed by atoms with E-state index in [-0.39, 0.29) is 11.5 Å². The van der Waals surface area contributed by atoms with Gasteiger partial charge in [0.15, 0.2) is 17.3 Å². The minimum Gasteiger partial charge on any atom is -0.504 e. The van der Waals surface area contributed by atoms with Crippen molar-refractivity contribution in [3.63, 3.8) is 0 Å². The van der Waals surface area contributed by atoms with Crippen molar-refractivity contribution < 1.29 is 15.3 Å². The molecule has 0 atom stereocenters. The number of aromatic amines is 1. The van der Waals surface area contributed by atoms with E-state index in [9.17, 15) is 15.3 Å². The summed E-state index contributed by atoms with van der Waals surface area (Å²) in [5.74, 6) is -0.816. The first kappa shape index (κ1) is 14.9. The number of halogens is 1. The van der Waals surface area contributed by atoms with Gasteiger partial charge in [-0.05, 0) is 36.4 Å². The Hall–Kier alpha value is -3.06. The first-order chi connectivity index (χ1) is 11.0. The zero-order valence-corrected chi connectivity index (χ0v) is 12.4. The van der Waals surface area contributed by atoms with Gasteiger partial charge in [0.2, 0.25) is 5.75 Å². The Morgan fingerprint density at radius 2 is 1.74 bits per heavy atom. The lowest BCUT2D eigenvalue weighted by Crippen LogP contribution is -1.83. The van der Waals surface area contributed by atoms with E-state index in [2.05, 4.69) is 20.2 Å². The number of phenolic OH excluding ortho intramolecular Hbond substituents is 3. The maximum atomic E-state index is 9.70. The van der Waals surface area contributed by atoms with Crippen molar-refractivity contribution in [2.24, 2.45) is 4.99 Å². The van der Waals surface area contributed by atoms with Crippen molar-refractivity contribution in [3.8, 4) is 28.6 Å². The molecule has 2 aromatic carbocycles. The number of aromatic hydroxyl groups is 3. The molecule has 4 N–H and O–H groups in total. The van der Waals surface area contributed by atoms with Crippen LogP contribution >= 0.6 is 11.6 Å². The fourth-order valence-corrected chi connectivity index (χ4v) is 1.99. The number of hydrogen-bond acceptors (Lipinski definition) is 6. The van der Waals surface area contributed by atoms with E-state index < -0.39 is 17.2 Å². The average molecular weight is 331 g/mol. The van der Waals surface area contributed by atoms with Gasteiger partial charge in [-0.1, -0.05) is 11.6 Å². The van der Waals surface area contributed by atoms with Crippen molar-refractivity contribution in [3.05, 3.63) is 47.0 Å². The van der Waals surface area contributed by atoms with Gasteiger partial charge >= 0.3 is 0 Å². The van der Waals surface area contributed by atoms with Gasteiger partial charge in [0.05, 0.1) is 0 Å². The zero-order valence-electron chi connectivity index (χ0n) is 11.6. The van der Waals surface area contributed by atoms with Crippen LogP contribution in [0.25, 0.3) is 11.4 Å². The summed E-state index contributed by atoms with van der Waals surface area (Å²) in [5, 5.41) is 35.7. The van der Waals surface area contributed by atoms with Crippen molar-refractivity contribution in [2.45, 2.75) is 0 Å². The molecular weight excluding hydrogens is 320 g/mol. The molecule has 0 saturated heterocycles. The highest BCUT2D eigenvalue weighted by molar-refractivity contribution is 6.30. The zero-order chi connectivity index (χ0) is 16.4. The molecule has 0 radical (unpaired) electrons. The van der Waals surface area contributed by atoms with Gasteiger partial charge in [-0.25, -0.2) is 4.99 Å². The molecule has 3 aromatic rings. The summed E-state index contributed by atoms with van der Waals surface area (Å²) in [6.45, 7) is 0. The average Bonchev–Trinajstić information content (AvgIpc) is 3.02. The maximum Gasteiger partial charge on any atom is 0.268 e. The molecule has 7 nitrogen and oxygen atoms in total. The van der Waals surface area contributed by atoms with E-state index in [1.165, 1.54) is 18.3 Å². The number of nitrogens with one attached hydrogen (secondary N) is 1. The summed E-state index contributed by atoms with van der Waals surface area (Å²) in [5.41, 5.74) is 1.02. The third kappa shape index (κ3) is 3.09. The number of benzene rings is 2. The van der Waals surface area contributed by atoms with E-state index in [4.69, 9.17) is 11.6 Å². The summed E-state index contributed by atoms with van der Waals surface area (Å²) in [6.07, 6.45) is 1.28. The van der Waals surface area contributed by atoms with Crippen LogP contribution in [0, 0.1) is 0 Å². The molecule has 8 heteroatoms. The molecule has 0 fully saturated rings. The van der Waals surface area contributed by atoms with Gasteiger partial charge in [0.1, 0.15) is 0 Å². The van der Waals surface area contributed by atoms with Gasteiger partial charge in [0.25, 0.3) is 5.95 Å². The predicted molar refractivity (Wildman–Crippen MR) is 85.5 cm³/mol. The van der Waals surface area contributed by atoms with E-state index in [0.29, 0.717) is 10.8 Å². The van der Waals surface area contributed by atoms with Crippen LogP contribution in [0.1, 0.15) is 5.56 Å². The number of nitrogens with zero attached hydrogens (tertiary/aromatic N) is 3. The molecule has 0 aliphatic heterocycles. The Kier molecular flexibility index (Phi) is 3.86. The smallest absolute Gasteiger partial charge is 0.268 e. The molecule has 1 aromatic heterocycles. The normalized spacial score (nSPS) is 11.2. The van der Waals surface area contributed by atoms with Crippen molar-refractivity contribution in [1.29, 1.82) is 0 Å². The Morgan fingerprint density at radius 1 is 1.00 bits per heavy atom. The van der Waals surface area contributed by atoms with Crippen molar-refractivity contribution in [2.75, 3.05) is 0 Å². The molecule has 0 amide bonds. The topological polar surface area (TPSA) is 115 Å². The van der Waals surface area contributed by atoms with Crippen LogP contribution in [-0.2, 0) is 0 Å². The van der Waals surface area contributed by atoms with Crippen LogP contribution in [0.15, 0.2) is 41.4 Å². The highest BCUT2D eigenvalue weighted by Gasteiger charge is 2.10. The second-order valence-electron chi connectivity index (χ2n) is 4.62. The summed E-state index contributed by atoms with van der Waals surface area (Å²) in [4.78, 5) is 8.21. The largest absolute Gasteiger partial charge is 0.504 e.